The maximum absolute atomic E-state index is 4.04. The van der Waals surface area contributed by atoms with Gasteiger partial charge >= 0.3 is 0 Å². The third-order valence-corrected chi connectivity index (χ3v) is 8.16. The number of nitrogens with zero attached hydrogens (tertiary/aromatic N) is 1. The quantitative estimate of drug-likeness (QED) is 0.779. The molecule has 4 aliphatic heterocycles. The van der Waals surface area contributed by atoms with Crippen LogP contribution in [-0.2, 0) is 0 Å². The zero-order chi connectivity index (χ0) is 15.3. The van der Waals surface area contributed by atoms with Crippen LogP contribution in [-0.4, -0.2) is 49.2 Å². The molecule has 6 atom stereocenters. The minimum absolute atomic E-state index is 0.530. The first-order chi connectivity index (χ1) is 11.4. The molecule has 0 aromatic rings. The molecule has 1 saturated carbocycles. The van der Waals surface area contributed by atoms with Gasteiger partial charge in [-0.25, -0.2) is 0 Å². The van der Waals surface area contributed by atoms with E-state index < -0.39 is 0 Å². The van der Waals surface area contributed by atoms with E-state index in [4.69, 9.17) is 0 Å². The lowest BCUT2D eigenvalue weighted by Crippen LogP contribution is -2.72. The fraction of sp³-hybridized carbons (Fsp3) is 1.00. The van der Waals surface area contributed by atoms with Crippen molar-refractivity contribution in [1.29, 1.82) is 0 Å². The summed E-state index contributed by atoms with van der Waals surface area (Å²) in [5, 5.41) is 8.04. The van der Waals surface area contributed by atoms with Gasteiger partial charge in [0, 0.05) is 30.1 Å². The maximum atomic E-state index is 4.04. The van der Waals surface area contributed by atoms with Gasteiger partial charge in [-0.1, -0.05) is 12.8 Å². The molecular formula is C20H35N3. The van der Waals surface area contributed by atoms with E-state index in [9.17, 15) is 0 Å². The van der Waals surface area contributed by atoms with Gasteiger partial charge in [-0.2, -0.15) is 0 Å². The Bertz CT molecular complexity index is 431. The summed E-state index contributed by atoms with van der Waals surface area (Å²) in [6, 6.07) is 2.51. The molecule has 0 spiro atoms. The summed E-state index contributed by atoms with van der Waals surface area (Å²) in [4.78, 5) is 2.94. The number of hydrogen-bond donors (Lipinski definition) is 2. The predicted molar refractivity (Wildman–Crippen MR) is 94.5 cm³/mol. The van der Waals surface area contributed by atoms with E-state index in [0.29, 0.717) is 5.41 Å². The topological polar surface area (TPSA) is 27.3 Å². The lowest BCUT2D eigenvalue weighted by molar-refractivity contribution is -0.117. The van der Waals surface area contributed by atoms with Gasteiger partial charge in [0.1, 0.15) is 0 Å². The first kappa shape index (κ1) is 15.2. The second-order valence-electron chi connectivity index (χ2n) is 9.30. The normalized spacial score (nSPS) is 50.9. The molecule has 5 aliphatic rings. The molecule has 2 bridgehead atoms. The third-order valence-electron chi connectivity index (χ3n) is 8.16. The highest BCUT2D eigenvalue weighted by Gasteiger charge is 2.58. The van der Waals surface area contributed by atoms with Gasteiger partial charge in [0.05, 0.1) is 0 Å². The van der Waals surface area contributed by atoms with Crippen LogP contribution in [0.5, 0.6) is 0 Å². The highest BCUT2D eigenvalue weighted by molar-refractivity contribution is 5.14. The van der Waals surface area contributed by atoms with Crippen LogP contribution in [0.4, 0.5) is 0 Å². The summed E-state index contributed by atoms with van der Waals surface area (Å²) in [6.45, 7) is 5.30. The SMILES string of the molecule is C1CC[C@H](C23CC(C[C@@H]4CCCN[C@H]42)[C@@H]2CCCCN2C3)NC1. The number of fused-ring (bicyclic) bond motifs is 6. The van der Waals surface area contributed by atoms with Crippen LogP contribution in [0.2, 0.25) is 0 Å². The average Bonchev–Trinajstić information content (AvgIpc) is 2.63. The summed E-state index contributed by atoms with van der Waals surface area (Å²) < 4.78 is 0. The molecule has 0 aromatic heterocycles. The van der Waals surface area contributed by atoms with E-state index >= 15 is 0 Å². The van der Waals surface area contributed by atoms with Crippen LogP contribution in [0.3, 0.4) is 0 Å². The van der Waals surface area contributed by atoms with Crippen molar-refractivity contribution in [2.45, 2.75) is 82.3 Å². The second kappa shape index (κ2) is 6.00. The Morgan fingerprint density at radius 2 is 1.74 bits per heavy atom. The number of rotatable bonds is 1. The Morgan fingerprint density at radius 1 is 0.826 bits per heavy atom. The maximum Gasteiger partial charge on any atom is 0.0179 e. The number of hydrogen-bond acceptors (Lipinski definition) is 3. The smallest absolute Gasteiger partial charge is 0.0179 e. The molecule has 23 heavy (non-hydrogen) atoms. The summed E-state index contributed by atoms with van der Waals surface area (Å²) in [7, 11) is 0. The molecule has 5 rings (SSSR count). The Kier molecular flexibility index (Phi) is 3.95. The lowest BCUT2D eigenvalue weighted by atomic mass is 9.52. The molecule has 3 nitrogen and oxygen atoms in total. The van der Waals surface area contributed by atoms with Crippen LogP contribution in [0.1, 0.15) is 64.2 Å². The van der Waals surface area contributed by atoms with Crippen molar-refractivity contribution in [2.24, 2.45) is 17.3 Å². The van der Waals surface area contributed by atoms with Gasteiger partial charge in [0.15, 0.2) is 0 Å². The fourth-order valence-corrected chi connectivity index (χ4v) is 7.36. The Labute approximate surface area is 142 Å². The van der Waals surface area contributed by atoms with Crippen LogP contribution in [0.25, 0.3) is 0 Å². The molecule has 0 aromatic carbocycles. The fourth-order valence-electron chi connectivity index (χ4n) is 7.36. The van der Waals surface area contributed by atoms with E-state index in [1.54, 1.807) is 0 Å². The number of piperidine rings is 4. The molecule has 130 valence electrons. The summed E-state index contributed by atoms with van der Waals surface area (Å²) in [5.74, 6) is 1.96. The first-order valence-electron chi connectivity index (χ1n) is 10.6. The predicted octanol–water partition coefficient (Wildman–Crippen LogP) is 2.76. The van der Waals surface area contributed by atoms with E-state index in [-0.39, 0.29) is 0 Å². The van der Waals surface area contributed by atoms with Gasteiger partial charge in [-0.15, -0.1) is 0 Å². The van der Waals surface area contributed by atoms with Gasteiger partial charge < -0.3 is 10.6 Å². The van der Waals surface area contributed by atoms with E-state index in [2.05, 4.69) is 15.5 Å². The highest BCUT2D eigenvalue weighted by atomic mass is 15.2. The second-order valence-corrected chi connectivity index (χ2v) is 9.30. The van der Waals surface area contributed by atoms with Crippen LogP contribution >= 0.6 is 0 Å². The van der Waals surface area contributed by atoms with Crippen molar-refractivity contribution in [2.75, 3.05) is 26.2 Å². The molecular weight excluding hydrogens is 282 g/mol. The molecule has 4 heterocycles. The summed E-state index contributed by atoms with van der Waals surface area (Å²) in [5.41, 5.74) is 0.530. The molecule has 5 fully saturated rings. The summed E-state index contributed by atoms with van der Waals surface area (Å²) in [6.07, 6.45) is 14.6. The molecule has 4 saturated heterocycles. The van der Waals surface area contributed by atoms with Crippen molar-refractivity contribution >= 4 is 0 Å². The Balaban J connectivity index is 1.50. The van der Waals surface area contributed by atoms with Crippen molar-refractivity contribution in [3.63, 3.8) is 0 Å². The minimum atomic E-state index is 0.530. The minimum Gasteiger partial charge on any atom is -0.313 e. The van der Waals surface area contributed by atoms with Crippen LogP contribution in [0.15, 0.2) is 0 Å². The Morgan fingerprint density at radius 3 is 2.65 bits per heavy atom. The molecule has 2 unspecified atom stereocenters. The van der Waals surface area contributed by atoms with Crippen LogP contribution < -0.4 is 10.6 Å². The highest BCUT2D eigenvalue weighted by Crippen LogP contribution is 2.55. The van der Waals surface area contributed by atoms with E-state index in [1.807, 2.05) is 0 Å². The van der Waals surface area contributed by atoms with Gasteiger partial charge in [0.2, 0.25) is 0 Å². The summed E-state index contributed by atoms with van der Waals surface area (Å²) >= 11 is 0. The van der Waals surface area contributed by atoms with Gasteiger partial charge in [0.25, 0.3) is 0 Å². The number of nitrogens with one attached hydrogen (secondary N) is 2. The van der Waals surface area contributed by atoms with Crippen molar-refractivity contribution < 1.29 is 0 Å². The van der Waals surface area contributed by atoms with Crippen molar-refractivity contribution in [3.8, 4) is 0 Å². The lowest BCUT2D eigenvalue weighted by Gasteiger charge is -2.64. The molecule has 2 N–H and O–H groups in total. The largest absolute Gasteiger partial charge is 0.313 e. The van der Waals surface area contributed by atoms with Crippen molar-refractivity contribution in [3.05, 3.63) is 0 Å². The molecule has 0 amide bonds. The van der Waals surface area contributed by atoms with E-state index in [1.165, 1.54) is 90.4 Å². The first-order valence-corrected chi connectivity index (χ1v) is 10.6. The third kappa shape index (κ3) is 2.41. The Hall–Kier alpha value is -0.120. The standard InChI is InChI=1S/C20H35N3/c1-3-9-21-18(8-1)20-13-16(12-15-6-5-10-22-19(15)20)17-7-2-4-11-23(17)14-20/h15-19,21-22H,1-14H2/t15-,16?,17-,18+,19+,20?/m0/s1. The average molecular weight is 318 g/mol. The van der Waals surface area contributed by atoms with Gasteiger partial charge in [-0.05, 0) is 82.8 Å². The van der Waals surface area contributed by atoms with Crippen molar-refractivity contribution in [1.82, 2.24) is 15.5 Å². The van der Waals surface area contributed by atoms with Gasteiger partial charge in [-0.3, -0.25) is 4.90 Å². The molecule has 0 radical (unpaired) electrons. The molecule has 3 heteroatoms. The zero-order valence-corrected chi connectivity index (χ0v) is 14.7. The van der Waals surface area contributed by atoms with E-state index in [0.717, 1.165) is 30.0 Å². The zero-order valence-electron chi connectivity index (χ0n) is 14.7. The monoisotopic (exact) mass is 317 g/mol. The molecule has 1 aliphatic carbocycles. The van der Waals surface area contributed by atoms with Crippen LogP contribution in [0, 0.1) is 17.3 Å².